The maximum Gasteiger partial charge on any atom is 0.416 e. The van der Waals surface area contributed by atoms with Crippen LogP contribution in [0, 0.1) is 5.92 Å². The smallest absolute Gasteiger partial charge is 0.355 e. The van der Waals surface area contributed by atoms with Crippen molar-refractivity contribution in [2.45, 2.75) is 38.3 Å². The summed E-state index contributed by atoms with van der Waals surface area (Å²) < 4.78 is 38.0. The summed E-state index contributed by atoms with van der Waals surface area (Å²) in [4.78, 5) is 26.3. The molecule has 2 amide bonds. The molecule has 1 heterocycles. The van der Waals surface area contributed by atoms with Crippen LogP contribution in [-0.2, 0) is 15.8 Å². The predicted octanol–water partition coefficient (Wildman–Crippen LogP) is 2.51. The van der Waals surface area contributed by atoms with Crippen molar-refractivity contribution in [1.82, 2.24) is 10.2 Å². The van der Waals surface area contributed by atoms with Crippen LogP contribution >= 0.6 is 0 Å². The lowest BCUT2D eigenvalue weighted by atomic mass is 9.93. The van der Waals surface area contributed by atoms with Crippen LogP contribution in [0.5, 0.6) is 0 Å². The van der Waals surface area contributed by atoms with Crippen molar-refractivity contribution in [2.24, 2.45) is 11.7 Å². The summed E-state index contributed by atoms with van der Waals surface area (Å²) in [5, 5.41) is 2.75. The van der Waals surface area contributed by atoms with Gasteiger partial charge < -0.3 is 16.0 Å². The summed E-state index contributed by atoms with van der Waals surface area (Å²) in [6.07, 6.45) is -2.69. The highest BCUT2D eigenvalue weighted by molar-refractivity contribution is 5.81. The number of hydrogen-bond donors (Lipinski definition) is 2. The number of likely N-dealkylation sites (tertiary alicyclic amines) is 1. The molecule has 0 spiro atoms. The van der Waals surface area contributed by atoms with Gasteiger partial charge in [0.15, 0.2) is 0 Å². The zero-order valence-electron chi connectivity index (χ0n) is 15.4. The average molecular weight is 385 g/mol. The Morgan fingerprint density at radius 3 is 2.56 bits per heavy atom. The van der Waals surface area contributed by atoms with Crippen molar-refractivity contribution >= 4 is 11.8 Å². The van der Waals surface area contributed by atoms with Crippen molar-refractivity contribution < 1.29 is 22.8 Å². The van der Waals surface area contributed by atoms with Crippen molar-refractivity contribution in [2.75, 3.05) is 26.2 Å². The molecule has 5 nitrogen and oxygen atoms in total. The van der Waals surface area contributed by atoms with E-state index < -0.39 is 11.7 Å². The number of amides is 2. The van der Waals surface area contributed by atoms with Crippen LogP contribution in [0.25, 0.3) is 0 Å². The summed E-state index contributed by atoms with van der Waals surface area (Å²) >= 11 is 0. The molecule has 0 radical (unpaired) electrons. The second-order valence-corrected chi connectivity index (χ2v) is 6.98. The van der Waals surface area contributed by atoms with Crippen LogP contribution in [0.15, 0.2) is 24.3 Å². The lowest BCUT2D eigenvalue weighted by Gasteiger charge is -2.32. The van der Waals surface area contributed by atoms with E-state index in [0.29, 0.717) is 31.7 Å². The second kappa shape index (κ2) is 9.21. The number of alkyl halides is 3. The molecule has 2 atom stereocenters. The second-order valence-electron chi connectivity index (χ2n) is 6.98. The fourth-order valence-corrected chi connectivity index (χ4v) is 3.27. The molecule has 27 heavy (non-hydrogen) atoms. The van der Waals surface area contributed by atoms with Crippen LogP contribution in [0.3, 0.4) is 0 Å². The Kier molecular flexibility index (Phi) is 7.24. The molecule has 0 saturated carbocycles. The molecule has 150 valence electrons. The number of nitrogens with zero attached hydrogens (tertiary/aromatic N) is 1. The summed E-state index contributed by atoms with van der Waals surface area (Å²) in [5.74, 6) is -0.616. The highest BCUT2D eigenvalue weighted by Crippen LogP contribution is 2.31. The average Bonchev–Trinajstić information content (AvgIpc) is 2.65. The first-order valence-electron chi connectivity index (χ1n) is 9.15. The van der Waals surface area contributed by atoms with Gasteiger partial charge in [-0.3, -0.25) is 9.59 Å². The minimum absolute atomic E-state index is 0.0845. The Morgan fingerprint density at radius 2 is 1.96 bits per heavy atom. The predicted molar refractivity (Wildman–Crippen MR) is 95.8 cm³/mol. The van der Waals surface area contributed by atoms with Gasteiger partial charge in [-0.2, -0.15) is 13.2 Å². The molecule has 1 aliphatic rings. The van der Waals surface area contributed by atoms with Crippen molar-refractivity contribution in [3.05, 3.63) is 35.4 Å². The Labute approximate surface area is 157 Å². The van der Waals surface area contributed by atoms with E-state index >= 15 is 0 Å². The van der Waals surface area contributed by atoms with Crippen molar-refractivity contribution in [3.8, 4) is 0 Å². The van der Waals surface area contributed by atoms with Gasteiger partial charge in [0.1, 0.15) is 0 Å². The maximum absolute atomic E-state index is 12.7. The minimum Gasteiger partial charge on any atom is -0.355 e. The van der Waals surface area contributed by atoms with E-state index in [4.69, 9.17) is 5.73 Å². The SMILES string of the molecule is CC(CC(=O)N1CCCC(C(=O)NCCN)C1)c1ccc(C(F)(F)F)cc1. The molecule has 0 bridgehead atoms. The number of carbonyl (C=O) groups excluding carboxylic acids is 2. The number of hydrogen-bond acceptors (Lipinski definition) is 3. The molecular weight excluding hydrogens is 359 g/mol. The highest BCUT2D eigenvalue weighted by Gasteiger charge is 2.31. The third kappa shape index (κ3) is 5.95. The van der Waals surface area contributed by atoms with Gasteiger partial charge in [0, 0.05) is 32.6 Å². The number of rotatable bonds is 6. The summed E-state index contributed by atoms with van der Waals surface area (Å²) in [5.41, 5.74) is 5.37. The number of nitrogens with two attached hydrogens (primary N) is 1. The molecule has 1 fully saturated rings. The molecule has 2 rings (SSSR count). The van der Waals surface area contributed by atoms with Crippen LogP contribution in [0.2, 0.25) is 0 Å². The molecule has 1 aromatic rings. The Morgan fingerprint density at radius 1 is 1.30 bits per heavy atom. The van der Waals surface area contributed by atoms with Gasteiger partial charge in [0.25, 0.3) is 0 Å². The number of halogens is 3. The standard InChI is InChI=1S/C19H26F3N3O2/c1-13(14-4-6-16(7-5-14)19(20,21)22)11-17(26)25-10-2-3-15(12-25)18(27)24-9-8-23/h4-7,13,15H,2-3,8-12,23H2,1H3,(H,24,27). The van der Waals surface area contributed by atoms with E-state index in [1.807, 2.05) is 6.92 Å². The molecule has 1 aromatic carbocycles. The number of nitrogens with one attached hydrogen (secondary N) is 1. The van der Waals surface area contributed by atoms with Gasteiger partial charge >= 0.3 is 6.18 Å². The normalized spacial score (nSPS) is 18.9. The van der Waals surface area contributed by atoms with Crippen LogP contribution in [0.4, 0.5) is 13.2 Å². The van der Waals surface area contributed by atoms with Crippen LogP contribution in [-0.4, -0.2) is 42.9 Å². The van der Waals surface area contributed by atoms with E-state index in [9.17, 15) is 22.8 Å². The lowest BCUT2D eigenvalue weighted by Crippen LogP contribution is -2.46. The monoisotopic (exact) mass is 385 g/mol. The molecule has 1 saturated heterocycles. The third-order valence-corrected chi connectivity index (χ3v) is 4.88. The quantitative estimate of drug-likeness (QED) is 0.790. The fourth-order valence-electron chi connectivity index (χ4n) is 3.27. The largest absolute Gasteiger partial charge is 0.416 e. The topological polar surface area (TPSA) is 75.4 Å². The summed E-state index contributed by atoms with van der Waals surface area (Å²) in [6, 6.07) is 4.91. The third-order valence-electron chi connectivity index (χ3n) is 4.88. The van der Waals surface area contributed by atoms with E-state index in [0.717, 1.165) is 25.0 Å². The highest BCUT2D eigenvalue weighted by atomic mass is 19.4. The Bertz CT molecular complexity index is 647. The fraction of sp³-hybridized carbons (Fsp3) is 0.579. The zero-order chi connectivity index (χ0) is 20.0. The first-order valence-corrected chi connectivity index (χ1v) is 9.15. The van der Waals surface area contributed by atoms with E-state index in [1.165, 1.54) is 12.1 Å². The van der Waals surface area contributed by atoms with E-state index in [2.05, 4.69) is 5.32 Å². The Hall–Kier alpha value is -2.09. The van der Waals surface area contributed by atoms with Gasteiger partial charge in [0.05, 0.1) is 11.5 Å². The summed E-state index contributed by atoms with van der Waals surface area (Å²) in [7, 11) is 0. The first kappa shape index (κ1) is 21.2. The van der Waals surface area contributed by atoms with E-state index in [1.54, 1.807) is 4.90 Å². The van der Waals surface area contributed by atoms with Gasteiger partial charge in [-0.25, -0.2) is 0 Å². The van der Waals surface area contributed by atoms with E-state index in [-0.39, 0.29) is 30.1 Å². The lowest BCUT2D eigenvalue weighted by molar-refractivity contribution is -0.138. The first-order chi connectivity index (χ1) is 12.7. The molecular formula is C19H26F3N3O2. The minimum atomic E-state index is -4.37. The Balaban J connectivity index is 1.92. The molecule has 2 unspecified atom stereocenters. The van der Waals surface area contributed by atoms with Gasteiger partial charge in [-0.05, 0) is 36.5 Å². The molecule has 3 N–H and O–H groups in total. The van der Waals surface area contributed by atoms with Crippen molar-refractivity contribution in [3.63, 3.8) is 0 Å². The molecule has 0 aliphatic carbocycles. The summed E-state index contributed by atoms with van der Waals surface area (Å²) in [6.45, 7) is 3.56. The molecule has 1 aliphatic heterocycles. The molecule has 8 heteroatoms. The van der Waals surface area contributed by atoms with Crippen LogP contribution in [0.1, 0.15) is 43.2 Å². The molecule has 0 aromatic heterocycles. The van der Waals surface area contributed by atoms with Crippen LogP contribution < -0.4 is 11.1 Å². The number of carbonyl (C=O) groups is 2. The van der Waals surface area contributed by atoms with Crippen molar-refractivity contribution in [1.29, 1.82) is 0 Å². The maximum atomic E-state index is 12.7. The van der Waals surface area contributed by atoms with Gasteiger partial charge in [-0.1, -0.05) is 19.1 Å². The number of piperidine rings is 1. The van der Waals surface area contributed by atoms with Gasteiger partial charge in [0.2, 0.25) is 11.8 Å². The number of benzene rings is 1. The zero-order valence-corrected chi connectivity index (χ0v) is 15.4. The van der Waals surface area contributed by atoms with Gasteiger partial charge in [-0.15, -0.1) is 0 Å².